The van der Waals surface area contributed by atoms with E-state index in [4.69, 9.17) is 14.5 Å². The zero-order chi connectivity index (χ0) is 26.9. The molecule has 10 nitrogen and oxygen atoms in total. The van der Waals surface area contributed by atoms with Crippen LogP contribution in [0.25, 0.3) is 10.3 Å². The van der Waals surface area contributed by atoms with Gasteiger partial charge in [0.1, 0.15) is 27.6 Å². The molecule has 0 saturated carbocycles. The highest BCUT2D eigenvalue weighted by atomic mass is 32.1. The molecule has 0 aromatic carbocycles. The van der Waals surface area contributed by atoms with Crippen molar-refractivity contribution >= 4 is 44.5 Å². The summed E-state index contributed by atoms with van der Waals surface area (Å²) in [7, 11) is 0. The Balaban J connectivity index is 1.33. The number of hydrogen-bond donors (Lipinski definition) is 2. The maximum Gasteiger partial charge on any atom is 0.410 e. The second kappa shape index (κ2) is 11.0. The van der Waals surface area contributed by atoms with Gasteiger partial charge < -0.3 is 25.0 Å². The van der Waals surface area contributed by atoms with E-state index in [1.807, 2.05) is 32.9 Å². The number of rotatable bonds is 6. The van der Waals surface area contributed by atoms with Gasteiger partial charge in [0.2, 0.25) is 0 Å². The minimum absolute atomic E-state index is 0.0909. The molecule has 11 heteroatoms. The van der Waals surface area contributed by atoms with Gasteiger partial charge in [-0.05, 0) is 70.9 Å². The lowest BCUT2D eigenvalue weighted by molar-refractivity contribution is -0.0704. The summed E-state index contributed by atoms with van der Waals surface area (Å²) >= 11 is 1.50. The molecule has 5 heterocycles. The van der Waals surface area contributed by atoms with Crippen LogP contribution in [0.4, 0.5) is 21.6 Å². The summed E-state index contributed by atoms with van der Waals surface area (Å²) in [6.07, 6.45) is 2.73. The second-order valence-electron chi connectivity index (χ2n) is 11.2. The SMILES string of the molecule is C[C@@H]1CN(Cc2cc(Nc3nc4cccnc4s3)nc(N[C@H]3CCN(C(=O)OC(C)(C)C)C3)c2)C[C@H](C)O1. The number of fused-ring (bicyclic) bond motifs is 1. The predicted octanol–water partition coefficient (Wildman–Crippen LogP) is 4.86. The minimum Gasteiger partial charge on any atom is -0.444 e. The van der Waals surface area contributed by atoms with Gasteiger partial charge in [0.05, 0.1) is 12.2 Å². The first-order valence-corrected chi connectivity index (χ1v) is 14.0. The van der Waals surface area contributed by atoms with Gasteiger partial charge in [-0.15, -0.1) is 0 Å². The highest BCUT2D eigenvalue weighted by molar-refractivity contribution is 7.21. The monoisotopic (exact) mass is 539 g/mol. The third-order valence-corrected chi connectivity index (χ3v) is 7.27. The van der Waals surface area contributed by atoms with E-state index >= 15 is 0 Å². The highest BCUT2D eigenvalue weighted by Crippen LogP contribution is 2.28. The molecule has 2 fully saturated rings. The Morgan fingerprint density at radius 1 is 1.16 bits per heavy atom. The van der Waals surface area contributed by atoms with Crippen LogP contribution in [0.3, 0.4) is 0 Å². The molecular formula is C27H37N7O3S. The number of carbonyl (C=O) groups is 1. The normalized spacial score (nSPS) is 22.6. The molecule has 0 bridgehead atoms. The van der Waals surface area contributed by atoms with Gasteiger partial charge in [0.25, 0.3) is 0 Å². The van der Waals surface area contributed by atoms with E-state index in [2.05, 4.69) is 51.5 Å². The summed E-state index contributed by atoms with van der Waals surface area (Å²) in [6.45, 7) is 13.7. The number of nitrogens with zero attached hydrogens (tertiary/aromatic N) is 5. The van der Waals surface area contributed by atoms with Crippen LogP contribution >= 0.6 is 11.3 Å². The number of ether oxygens (including phenoxy) is 2. The third kappa shape index (κ3) is 6.89. The third-order valence-electron chi connectivity index (χ3n) is 6.38. The topological polar surface area (TPSA) is 105 Å². The number of nitrogens with one attached hydrogen (secondary N) is 2. The fraction of sp³-hybridized carbons (Fsp3) is 0.556. The summed E-state index contributed by atoms with van der Waals surface area (Å²) in [5.74, 6) is 1.50. The molecule has 5 rings (SSSR count). The number of amides is 1. The summed E-state index contributed by atoms with van der Waals surface area (Å²) in [4.78, 5) is 31.5. The molecule has 204 valence electrons. The fourth-order valence-electron chi connectivity index (χ4n) is 5.00. The molecule has 1 amide bonds. The number of thiazole rings is 1. The zero-order valence-electron chi connectivity index (χ0n) is 22.7. The minimum atomic E-state index is -0.510. The van der Waals surface area contributed by atoms with Gasteiger partial charge in [0.15, 0.2) is 5.13 Å². The van der Waals surface area contributed by atoms with Crippen molar-refractivity contribution in [3.05, 3.63) is 36.0 Å². The van der Waals surface area contributed by atoms with Crippen LogP contribution in [-0.2, 0) is 16.0 Å². The average Bonchev–Trinajstić information content (AvgIpc) is 3.43. The lowest BCUT2D eigenvalue weighted by Gasteiger charge is -2.35. The van der Waals surface area contributed by atoms with Crippen molar-refractivity contribution < 1.29 is 14.3 Å². The molecular weight excluding hydrogens is 502 g/mol. The number of carbonyl (C=O) groups excluding carboxylic acids is 1. The van der Waals surface area contributed by atoms with Crippen LogP contribution < -0.4 is 10.6 Å². The van der Waals surface area contributed by atoms with E-state index in [-0.39, 0.29) is 24.3 Å². The Morgan fingerprint density at radius 2 is 1.92 bits per heavy atom. The summed E-state index contributed by atoms with van der Waals surface area (Å²) in [5, 5.41) is 7.71. The van der Waals surface area contributed by atoms with Crippen molar-refractivity contribution in [2.75, 3.05) is 36.8 Å². The molecule has 0 spiro atoms. The Hall–Kier alpha value is -3.02. The molecule has 2 N–H and O–H groups in total. The molecule has 0 unspecified atom stereocenters. The van der Waals surface area contributed by atoms with E-state index in [1.54, 1.807) is 11.1 Å². The van der Waals surface area contributed by atoms with Gasteiger partial charge in [-0.3, -0.25) is 4.90 Å². The Morgan fingerprint density at radius 3 is 2.66 bits per heavy atom. The van der Waals surface area contributed by atoms with E-state index in [0.29, 0.717) is 13.1 Å². The molecule has 0 aliphatic carbocycles. The summed E-state index contributed by atoms with van der Waals surface area (Å²) in [5.41, 5.74) is 1.50. The Labute approximate surface area is 227 Å². The number of morpholine rings is 1. The van der Waals surface area contributed by atoms with Crippen molar-refractivity contribution in [1.82, 2.24) is 24.8 Å². The van der Waals surface area contributed by atoms with Crippen molar-refractivity contribution in [2.24, 2.45) is 0 Å². The molecule has 38 heavy (non-hydrogen) atoms. The second-order valence-corrected chi connectivity index (χ2v) is 12.2. The Bertz CT molecular complexity index is 1230. The average molecular weight is 540 g/mol. The molecule has 2 aliphatic rings. The maximum atomic E-state index is 12.5. The maximum absolute atomic E-state index is 12.5. The number of hydrogen-bond acceptors (Lipinski definition) is 10. The van der Waals surface area contributed by atoms with E-state index in [9.17, 15) is 4.79 Å². The smallest absolute Gasteiger partial charge is 0.410 e. The first-order chi connectivity index (χ1) is 18.1. The quantitative estimate of drug-likeness (QED) is 0.454. The van der Waals surface area contributed by atoms with E-state index in [0.717, 1.165) is 58.7 Å². The van der Waals surface area contributed by atoms with Crippen molar-refractivity contribution in [3.63, 3.8) is 0 Å². The van der Waals surface area contributed by atoms with Gasteiger partial charge >= 0.3 is 6.09 Å². The standard InChI is InChI=1S/C27H37N7O3S/c1-17-13-33(14-18(2)36-17)15-19-11-22(29-20-8-10-34(16-20)26(35)37-27(3,4)5)31-23(12-19)32-25-30-21-7-6-9-28-24(21)38-25/h6-7,9,11-12,17-18,20H,8,10,13-16H2,1-5H3,(H2,29,30,31,32)/t17-,18+,20-/m0/s1. The highest BCUT2D eigenvalue weighted by Gasteiger charge is 2.30. The molecule has 3 aromatic rings. The van der Waals surface area contributed by atoms with E-state index < -0.39 is 5.60 Å². The van der Waals surface area contributed by atoms with Crippen LogP contribution in [0, 0.1) is 0 Å². The van der Waals surface area contributed by atoms with Gasteiger partial charge in [-0.25, -0.2) is 19.7 Å². The van der Waals surface area contributed by atoms with Crippen LogP contribution in [0.1, 0.15) is 46.6 Å². The molecule has 2 aliphatic heterocycles. The molecule has 2 saturated heterocycles. The van der Waals surface area contributed by atoms with Gasteiger partial charge in [0, 0.05) is 45.0 Å². The van der Waals surface area contributed by atoms with Crippen molar-refractivity contribution in [2.45, 2.75) is 71.4 Å². The van der Waals surface area contributed by atoms with Crippen molar-refractivity contribution in [3.8, 4) is 0 Å². The van der Waals surface area contributed by atoms with Gasteiger partial charge in [-0.2, -0.15) is 0 Å². The van der Waals surface area contributed by atoms with Crippen molar-refractivity contribution in [1.29, 1.82) is 0 Å². The summed E-state index contributed by atoms with van der Waals surface area (Å²) in [6, 6.07) is 8.12. The predicted molar refractivity (Wildman–Crippen MR) is 150 cm³/mol. The zero-order valence-corrected chi connectivity index (χ0v) is 23.5. The largest absolute Gasteiger partial charge is 0.444 e. The molecule has 0 radical (unpaired) electrons. The molecule has 3 atom stereocenters. The number of likely N-dealkylation sites (tertiary alicyclic amines) is 1. The van der Waals surface area contributed by atoms with Gasteiger partial charge in [-0.1, -0.05) is 11.3 Å². The van der Waals surface area contributed by atoms with Crippen LogP contribution in [0.5, 0.6) is 0 Å². The number of aromatic nitrogens is 3. The van der Waals surface area contributed by atoms with Crippen LogP contribution in [-0.4, -0.2) is 80.9 Å². The Kier molecular flexibility index (Phi) is 7.69. The van der Waals surface area contributed by atoms with E-state index in [1.165, 1.54) is 11.3 Å². The lowest BCUT2D eigenvalue weighted by atomic mass is 10.1. The fourth-order valence-corrected chi connectivity index (χ4v) is 5.82. The number of pyridine rings is 2. The summed E-state index contributed by atoms with van der Waals surface area (Å²) < 4.78 is 11.5. The van der Waals surface area contributed by atoms with Crippen LogP contribution in [0.15, 0.2) is 30.5 Å². The van der Waals surface area contributed by atoms with Crippen LogP contribution in [0.2, 0.25) is 0 Å². The first kappa shape index (κ1) is 26.6. The first-order valence-electron chi connectivity index (χ1n) is 13.2. The molecule has 3 aromatic heterocycles. The number of anilines is 3. The lowest BCUT2D eigenvalue weighted by Crippen LogP contribution is -2.44.